The molecule has 0 unspecified atom stereocenters. The van der Waals surface area contributed by atoms with Crippen molar-refractivity contribution in [1.82, 2.24) is 9.88 Å². The summed E-state index contributed by atoms with van der Waals surface area (Å²) in [5.41, 5.74) is 0.970. The Morgan fingerprint density at radius 2 is 1.83 bits per heavy atom. The smallest absolute Gasteiger partial charge is 0.224 e. The van der Waals surface area contributed by atoms with Crippen LogP contribution in [0.4, 0.5) is 0 Å². The Kier molecular flexibility index (Phi) is 4.42. The highest BCUT2D eigenvalue weighted by Crippen LogP contribution is 2.09. The van der Waals surface area contributed by atoms with Gasteiger partial charge in [-0.2, -0.15) is 0 Å². The first kappa shape index (κ1) is 12.7. The van der Waals surface area contributed by atoms with Gasteiger partial charge in [-0.3, -0.25) is 4.79 Å². The number of nitrogens with zero attached hydrogens (tertiary/aromatic N) is 1. The van der Waals surface area contributed by atoms with Gasteiger partial charge in [0.05, 0.1) is 6.42 Å². The minimum atomic E-state index is 0.0319. The summed E-state index contributed by atoms with van der Waals surface area (Å²) in [7, 11) is 0. The summed E-state index contributed by atoms with van der Waals surface area (Å²) in [6, 6.07) is 11.3. The summed E-state index contributed by atoms with van der Waals surface area (Å²) >= 11 is 5.79. The first-order valence-electron chi connectivity index (χ1n) is 5.86. The molecule has 1 aromatic carbocycles. The largest absolute Gasteiger partial charge is 0.354 e. The average Bonchev–Trinajstić information content (AvgIpc) is 2.85. The fourth-order valence-electron chi connectivity index (χ4n) is 1.69. The SMILES string of the molecule is O=C(Cc1ccc(Cl)cc1)NCCn1cccc1. The standard InChI is InChI=1S/C14H15ClN2O/c15-13-5-3-12(4-6-13)11-14(18)16-7-10-17-8-1-2-9-17/h1-6,8-9H,7,10-11H2,(H,16,18). The van der Waals surface area contributed by atoms with E-state index in [0.717, 1.165) is 12.1 Å². The minimum Gasteiger partial charge on any atom is -0.354 e. The van der Waals surface area contributed by atoms with E-state index in [1.807, 2.05) is 41.2 Å². The van der Waals surface area contributed by atoms with Crippen molar-refractivity contribution in [1.29, 1.82) is 0 Å². The van der Waals surface area contributed by atoms with E-state index in [0.29, 0.717) is 18.0 Å². The van der Waals surface area contributed by atoms with Gasteiger partial charge in [-0.05, 0) is 29.8 Å². The molecule has 2 aromatic rings. The summed E-state index contributed by atoms with van der Waals surface area (Å²) in [5, 5.41) is 3.58. The number of nitrogens with one attached hydrogen (secondary N) is 1. The molecule has 0 aliphatic carbocycles. The van der Waals surface area contributed by atoms with Crippen molar-refractivity contribution in [2.75, 3.05) is 6.54 Å². The van der Waals surface area contributed by atoms with E-state index >= 15 is 0 Å². The molecule has 1 amide bonds. The lowest BCUT2D eigenvalue weighted by Crippen LogP contribution is -2.28. The van der Waals surface area contributed by atoms with Crippen LogP contribution in [0, 0.1) is 0 Å². The van der Waals surface area contributed by atoms with Crippen LogP contribution >= 0.6 is 11.6 Å². The molecular weight excluding hydrogens is 248 g/mol. The number of rotatable bonds is 5. The van der Waals surface area contributed by atoms with E-state index in [2.05, 4.69) is 5.32 Å². The molecule has 18 heavy (non-hydrogen) atoms. The third-order valence-electron chi connectivity index (χ3n) is 2.64. The third kappa shape index (κ3) is 3.93. The van der Waals surface area contributed by atoms with Gasteiger partial charge < -0.3 is 9.88 Å². The van der Waals surface area contributed by atoms with Gasteiger partial charge in [0.1, 0.15) is 0 Å². The lowest BCUT2D eigenvalue weighted by atomic mass is 10.1. The molecule has 0 radical (unpaired) electrons. The molecule has 3 nitrogen and oxygen atoms in total. The van der Waals surface area contributed by atoms with E-state index in [4.69, 9.17) is 11.6 Å². The van der Waals surface area contributed by atoms with Crippen molar-refractivity contribution in [2.24, 2.45) is 0 Å². The molecule has 4 heteroatoms. The highest BCUT2D eigenvalue weighted by molar-refractivity contribution is 6.30. The molecular formula is C14H15ClN2O. The van der Waals surface area contributed by atoms with Gasteiger partial charge in [-0.25, -0.2) is 0 Å². The second kappa shape index (κ2) is 6.26. The van der Waals surface area contributed by atoms with Crippen LogP contribution < -0.4 is 5.32 Å². The summed E-state index contributed by atoms with van der Waals surface area (Å²) in [6.07, 6.45) is 4.35. The fraction of sp³-hybridized carbons (Fsp3) is 0.214. The summed E-state index contributed by atoms with van der Waals surface area (Å²) in [4.78, 5) is 11.7. The van der Waals surface area contributed by atoms with Crippen molar-refractivity contribution >= 4 is 17.5 Å². The zero-order valence-corrected chi connectivity index (χ0v) is 10.7. The fourth-order valence-corrected chi connectivity index (χ4v) is 1.82. The normalized spacial score (nSPS) is 10.3. The number of amides is 1. The number of carbonyl (C=O) groups is 1. The molecule has 0 fully saturated rings. The van der Waals surface area contributed by atoms with Gasteiger partial charge in [0.25, 0.3) is 0 Å². The Hall–Kier alpha value is -1.74. The maximum Gasteiger partial charge on any atom is 0.224 e. The van der Waals surface area contributed by atoms with E-state index in [9.17, 15) is 4.79 Å². The molecule has 0 aliphatic rings. The van der Waals surface area contributed by atoms with Crippen LogP contribution in [-0.2, 0) is 17.8 Å². The molecule has 0 spiro atoms. The molecule has 1 N–H and O–H groups in total. The maximum absolute atomic E-state index is 11.7. The molecule has 1 heterocycles. The van der Waals surface area contributed by atoms with Crippen LogP contribution in [0.2, 0.25) is 5.02 Å². The van der Waals surface area contributed by atoms with Gasteiger partial charge >= 0.3 is 0 Å². The van der Waals surface area contributed by atoms with Crippen molar-refractivity contribution in [3.8, 4) is 0 Å². The van der Waals surface area contributed by atoms with Gasteiger partial charge in [0, 0.05) is 30.5 Å². The molecule has 2 rings (SSSR count). The average molecular weight is 263 g/mol. The Balaban J connectivity index is 1.73. The molecule has 94 valence electrons. The van der Waals surface area contributed by atoms with Crippen LogP contribution in [0.3, 0.4) is 0 Å². The van der Waals surface area contributed by atoms with Crippen molar-refractivity contribution < 1.29 is 4.79 Å². The number of aromatic nitrogens is 1. The molecule has 1 aromatic heterocycles. The first-order chi connectivity index (χ1) is 8.74. The summed E-state index contributed by atoms with van der Waals surface area (Å²) < 4.78 is 2.03. The second-order valence-corrected chi connectivity index (χ2v) is 4.51. The van der Waals surface area contributed by atoms with Gasteiger partial charge in [0.15, 0.2) is 0 Å². The van der Waals surface area contributed by atoms with Gasteiger partial charge in [-0.1, -0.05) is 23.7 Å². The Morgan fingerprint density at radius 1 is 1.17 bits per heavy atom. The van der Waals surface area contributed by atoms with Gasteiger partial charge in [0.2, 0.25) is 5.91 Å². The van der Waals surface area contributed by atoms with Crippen molar-refractivity contribution in [2.45, 2.75) is 13.0 Å². The molecule has 0 saturated carbocycles. The topological polar surface area (TPSA) is 34.0 Å². The number of halogens is 1. The molecule has 0 saturated heterocycles. The second-order valence-electron chi connectivity index (χ2n) is 4.07. The predicted molar refractivity (Wildman–Crippen MR) is 72.6 cm³/mol. The highest BCUT2D eigenvalue weighted by Gasteiger charge is 2.02. The molecule has 0 bridgehead atoms. The Bertz CT molecular complexity index is 491. The lowest BCUT2D eigenvalue weighted by molar-refractivity contribution is -0.120. The van der Waals surface area contributed by atoms with E-state index < -0.39 is 0 Å². The Morgan fingerprint density at radius 3 is 2.50 bits per heavy atom. The Labute approximate surface area is 111 Å². The van der Waals surface area contributed by atoms with Crippen molar-refractivity contribution in [3.63, 3.8) is 0 Å². The zero-order chi connectivity index (χ0) is 12.8. The van der Waals surface area contributed by atoms with E-state index in [1.54, 1.807) is 12.1 Å². The lowest BCUT2D eigenvalue weighted by Gasteiger charge is -2.06. The monoisotopic (exact) mass is 262 g/mol. The van der Waals surface area contributed by atoms with E-state index in [1.165, 1.54) is 0 Å². The molecule has 0 atom stereocenters. The zero-order valence-electron chi connectivity index (χ0n) is 9.97. The first-order valence-corrected chi connectivity index (χ1v) is 6.24. The highest BCUT2D eigenvalue weighted by atomic mass is 35.5. The molecule has 0 aliphatic heterocycles. The van der Waals surface area contributed by atoms with Crippen molar-refractivity contribution in [3.05, 3.63) is 59.4 Å². The van der Waals surface area contributed by atoms with Crippen LogP contribution in [-0.4, -0.2) is 17.0 Å². The number of hydrogen-bond donors (Lipinski definition) is 1. The maximum atomic E-state index is 11.7. The quantitative estimate of drug-likeness (QED) is 0.883. The van der Waals surface area contributed by atoms with Crippen LogP contribution in [0.1, 0.15) is 5.56 Å². The minimum absolute atomic E-state index is 0.0319. The number of carbonyl (C=O) groups excluding carboxylic acids is 1. The predicted octanol–water partition coefficient (Wildman–Crippen LogP) is 2.50. The van der Waals surface area contributed by atoms with Gasteiger partial charge in [-0.15, -0.1) is 0 Å². The van der Waals surface area contributed by atoms with Crippen LogP contribution in [0.25, 0.3) is 0 Å². The third-order valence-corrected chi connectivity index (χ3v) is 2.89. The van der Waals surface area contributed by atoms with Crippen LogP contribution in [0.5, 0.6) is 0 Å². The number of hydrogen-bond acceptors (Lipinski definition) is 1. The summed E-state index contributed by atoms with van der Waals surface area (Å²) in [5.74, 6) is 0.0319. The van der Waals surface area contributed by atoms with E-state index in [-0.39, 0.29) is 5.91 Å². The number of benzene rings is 1. The summed E-state index contributed by atoms with van der Waals surface area (Å²) in [6.45, 7) is 1.43. The van der Waals surface area contributed by atoms with Crippen LogP contribution in [0.15, 0.2) is 48.8 Å².